The zero-order chi connectivity index (χ0) is 19.3. The van der Waals surface area contributed by atoms with E-state index in [-0.39, 0.29) is 0 Å². The van der Waals surface area contributed by atoms with E-state index in [2.05, 4.69) is 15.1 Å². The number of nitrogens with zero attached hydrogens (tertiary/aromatic N) is 3. The molecule has 0 aromatic heterocycles. The number of sulfonamides is 1. The molecule has 8 heteroatoms. The van der Waals surface area contributed by atoms with Crippen molar-refractivity contribution in [2.75, 3.05) is 53.4 Å². The van der Waals surface area contributed by atoms with Gasteiger partial charge >= 0.3 is 0 Å². The molecule has 1 aliphatic rings. The lowest BCUT2D eigenvalue weighted by Crippen LogP contribution is -2.53. The molecule has 1 heterocycles. The second kappa shape index (κ2) is 9.12. The van der Waals surface area contributed by atoms with Gasteiger partial charge in [-0.3, -0.25) is 0 Å². The van der Waals surface area contributed by atoms with Crippen LogP contribution in [0, 0.1) is 13.8 Å². The Morgan fingerprint density at radius 3 is 2.42 bits per heavy atom. The maximum atomic E-state index is 12.9. The van der Waals surface area contributed by atoms with Gasteiger partial charge in [0.15, 0.2) is 5.11 Å². The fourth-order valence-corrected chi connectivity index (χ4v) is 4.97. The molecule has 26 heavy (non-hydrogen) atoms. The van der Waals surface area contributed by atoms with Crippen molar-refractivity contribution in [1.29, 1.82) is 0 Å². The number of benzene rings is 1. The number of aryl methyl sites for hydroxylation is 2. The molecule has 0 aliphatic carbocycles. The van der Waals surface area contributed by atoms with Crippen LogP contribution in [0.3, 0.4) is 0 Å². The van der Waals surface area contributed by atoms with E-state index >= 15 is 0 Å². The normalized spacial score (nSPS) is 16.1. The van der Waals surface area contributed by atoms with Crippen molar-refractivity contribution in [3.63, 3.8) is 0 Å². The quantitative estimate of drug-likeness (QED) is 0.578. The molecular weight excluding hydrogens is 368 g/mol. The number of hydrogen-bond acceptors (Lipinski definition) is 4. The standard InChI is InChI=1S/C18H30N4O2S2/c1-15-6-7-17(16(2)14-15)26(23,24)22-12-10-21(11-13-22)18(25)19-8-5-9-20(3)4/h6-7,14H,5,8-13H2,1-4H3,(H,19,25). The lowest BCUT2D eigenvalue weighted by molar-refractivity contribution is 0.263. The van der Waals surface area contributed by atoms with Crippen LogP contribution in [0.15, 0.2) is 23.1 Å². The summed E-state index contributed by atoms with van der Waals surface area (Å²) in [4.78, 5) is 4.60. The zero-order valence-corrected chi connectivity index (χ0v) is 17.8. The summed E-state index contributed by atoms with van der Waals surface area (Å²) in [5, 5.41) is 3.99. The average molecular weight is 399 g/mol. The van der Waals surface area contributed by atoms with E-state index in [1.165, 1.54) is 0 Å². The first kappa shape index (κ1) is 21.1. The van der Waals surface area contributed by atoms with Crippen LogP contribution in [0.5, 0.6) is 0 Å². The van der Waals surface area contributed by atoms with E-state index in [1.807, 2.05) is 40.1 Å². The van der Waals surface area contributed by atoms with Crippen molar-refractivity contribution in [1.82, 2.24) is 19.4 Å². The molecule has 0 spiro atoms. The Bertz CT molecular complexity index is 727. The van der Waals surface area contributed by atoms with Crippen LogP contribution in [0.25, 0.3) is 0 Å². The number of rotatable bonds is 6. The van der Waals surface area contributed by atoms with Crippen molar-refractivity contribution in [3.8, 4) is 0 Å². The van der Waals surface area contributed by atoms with Crippen LogP contribution in [-0.4, -0.2) is 81.0 Å². The van der Waals surface area contributed by atoms with E-state index in [0.717, 1.165) is 30.6 Å². The monoisotopic (exact) mass is 398 g/mol. The molecule has 6 nitrogen and oxygen atoms in total. The molecule has 1 N–H and O–H groups in total. The SMILES string of the molecule is Cc1ccc(S(=O)(=O)N2CCN(C(=S)NCCCN(C)C)CC2)c(C)c1. The van der Waals surface area contributed by atoms with E-state index in [0.29, 0.717) is 36.2 Å². The van der Waals surface area contributed by atoms with Crippen molar-refractivity contribution in [3.05, 3.63) is 29.3 Å². The Morgan fingerprint density at radius 2 is 1.85 bits per heavy atom. The zero-order valence-electron chi connectivity index (χ0n) is 16.2. The molecular formula is C18H30N4O2S2. The average Bonchev–Trinajstić information content (AvgIpc) is 2.58. The largest absolute Gasteiger partial charge is 0.363 e. The van der Waals surface area contributed by atoms with Gasteiger partial charge in [0.2, 0.25) is 10.0 Å². The van der Waals surface area contributed by atoms with Gasteiger partial charge in [0.1, 0.15) is 0 Å². The minimum atomic E-state index is -3.45. The molecule has 0 atom stereocenters. The molecule has 0 amide bonds. The highest BCUT2D eigenvalue weighted by Gasteiger charge is 2.30. The number of piperazine rings is 1. The summed E-state index contributed by atoms with van der Waals surface area (Å²) in [5.41, 5.74) is 1.86. The summed E-state index contributed by atoms with van der Waals surface area (Å²) in [7, 11) is 0.647. The highest BCUT2D eigenvalue weighted by molar-refractivity contribution is 7.89. The minimum absolute atomic E-state index is 0.404. The molecule has 1 aromatic carbocycles. The predicted molar refractivity (Wildman–Crippen MR) is 110 cm³/mol. The van der Waals surface area contributed by atoms with E-state index in [9.17, 15) is 8.42 Å². The van der Waals surface area contributed by atoms with E-state index < -0.39 is 10.0 Å². The molecule has 1 aromatic rings. The van der Waals surface area contributed by atoms with Crippen LogP contribution >= 0.6 is 12.2 Å². The van der Waals surface area contributed by atoms with Crippen LogP contribution in [0.4, 0.5) is 0 Å². The summed E-state index contributed by atoms with van der Waals surface area (Å²) in [6.45, 7) is 7.80. The van der Waals surface area contributed by atoms with E-state index in [1.54, 1.807) is 10.4 Å². The molecule has 0 unspecified atom stereocenters. The Kier molecular flexibility index (Phi) is 7.40. The Labute approximate surface area is 163 Å². The van der Waals surface area contributed by atoms with Gasteiger partial charge in [0.25, 0.3) is 0 Å². The molecule has 1 saturated heterocycles. The van der Waals surface area contributed by atoms with Gasteiger partial charge in [-0.15, -0.1) is 0 Å². The highest BCUT2D eigenvalue weighted by atomic mass is 32.2. The molecule has 1 aliphatic heterocycles. The first-order chi connectivity index (χ1) is 12.2. The third-order valence-electron chi connectivity index (χ3n) is 4.53. The number of nitrogens with one attached hydrogen (secondary N) is 1. The summed E-state index contributed by atoms with van der Waals surface area (Å²) in [5.74, 6) is 0. The third kappa shape index (κ3) is 5.39. The Hall–Kier alpha value is -1.22. The van der Waals surface area contributed by atoms with Gasteiger partial charge in [-0.25, -0.2) is 8.42 Å². The first-order valence-corrected chi connectivity index (χ1v) is 10.8. The molecule has 1 fully saturated rings. The molecule has 0 bridgehead atoms. The van der Waals surface area contributed by atoms with Crippen molar-refractivity contribution >= 4 is 27.4 Å². The maximum absolute atomic E-state index is 12.9. The minimum Gasteiger partial charge on any atom is -0.363 e. The number of thiocarbonyl (C=S) groups is 1. The maximum Gasteiger partial charge on any atom is 0.243 e. The molecule has 2 rings (SSSR count). The van der Waals surface area contributed by atoms with Crippen LogP contribution in [-0.2, 0) is 10.0 Å². The van der Waals surface area contributed by atoms with Crippen molar-refractivity contribution in [2.24, 2.45) is 0 Å². The molecule has 146 valence electrons. The summed E-state index contributed by atoms with van der Waals surface area (Å²) in [6, 6.07) is 5.47. The van der Waals surface area contributed by atoms with Gasteiger partial charge in [0.05, 0.1) is 4.90 Å². The first-order valence-electron chi connectivity index (χ1n) is 8.96. The topological polar surface area (TPSA) is 55.9 Å². The third-order valence-corrected chi connectivity index (χ3v) is 6.99. The van der Waals surface area contributed by atoms with Gasteiger partial charge in [-0.05, 0) is 64.8 Å². The van der Waals surface area contributed by atoms with Crippen molar-refractivity contribution in [2.45, 2.75) is 25.2 Å². The second-order valence-corrected chi connectivity index (χ2v) is 9.34. The number of hydrogen-bond donors (Lipinski definition) is 1. The Balaban J connectivity index is 1.90. The molecule has 0 saturated carbocycles. The van der Waals surface area contributed by atoms with Crippen LogP contribution < -0.4 is 5.32 Å². The van der Waals surface area contributed by atoms with Gasteiger partial charge < -0.3 is 15.1 Å². The fraction of sp³-hybridized carbons (Fsp3) is 0.611. The van der Waals surface area contributed by atoms with Gasteiger partial charge in [-0.2, -0.15) is 4.31 Å². The summed E-state index contributed by atoms with van der Waals surface area (Å²) in [6.07, 6.45) is 1.02. The lowest BCUT2D eigenvalue weighted by Gasteiger charge is -2.35. The highest BCUT2D eigenvalue weighted by Crippen LogP contribution is 2.22. The van der Waals surface area contributed by atoms with Crippen LogP contribution in [0.1, 0.15) is 17.5 Å². The van der Waals surface area contributed by atoms with E-state index in [4.69, 9.17) is 12.2 Å². The lowest BCUT2D eigenvalue weighted by atomic mass is 10.2. The smallest absolute Gasteiger partial charge is 0.243 e. The second-order valence-electron chi connectivity index (χ2n) is 7.05. The van der Waals surface area contributed by atoms with Crippen LogP contribution in [0.2, 0.25) is 0 Å². The predicted octanol–water partition coefficient (Wildman–Crippen LogP) is 1.44. The van der Waals surface area contributed by atoms with Gasteiger partial charge in [0, 0.05) is 32.7 Å². The Morgan fingerprint density at radius 1 is 1.19 bits per heavy atom. The van der Waals surface area contributed by atoms with Crippen molar-refractivity contribution < 1.29 is 8.42 Å². The summed E-state index contributed by atoms with van der Waals surface area (Å²) >= 11 is 5.45. The fourth-order valence-electron chi connectivity index (χ4n) is 3.06. The summed E-state index contributed by atoms with van der Waals surface area (Å²) < 4.78 is 27.4. The molecule has 0 radical (unpaired) electrons. The van der Waals surface area contributed by atoms with Gasteiger partial charge in [-0.1, -0.05) is 17.7 Å².